The Bertz CT molecular complexity index is 570. The molecule has 0 aliphatic carbocycles. The molecule has 1 aromatic carbocycles. The minimum absolute atomic E-state index is 0.0377. The normalized spacial score (nSPS) is 21.6. The summed E-state index contributed by atoms with van der Waals surface area (Å²) in [4.78, 5) is 0. The molecule has 1 unspecified atom stereocenters. The lowest BCUT2D eigenvalue weighted by Crippen LogP contribution is -2.34. The van der Waals surface area contributed by atoms with Crippen molar-refractivity contribution >= 4 is 21.2 Å². The molecule has 1 aromatic rings. The molecule has 0 saturated carbocycles. The van der Waals surface area contributed by atoms with Gasteiger partial charge in [0.05, 0.1) is 23.3 Å². The van der Waals surface area contributed by atoms with Crippen LogP contribution >= 0.6 is 0 Å². The van der Waals surface area contributed by atoms with Gasteiger partial charge in [-0.2, -0.15) is 0 Å². The molecule has 1 aliphatic rings. The quantitative estimate of drug-likeness (QED) is 0.831. The predicted molar refractivity (Wildman–Crippen MR) is 81.9 cm³/mol. The number of nitrogen functional groups attached to an aromatic ring is 1. The second-order valence-corrected chi connectivity index (χ2v) is 7.75. The van der Waals surface area contributed by atoms with Crippen molar-refractivity contribution in [2.45, 2.75) is 38.8 Å². The summed E-state index contributed by atoms with van der Waals surface area (Å²) < 4.78 is 28.9. The minimum Gasteiger partial charge on any atom is -0.489 e. The van der Waals surface area contributed by atoms with Gasteiger partial charge in [-0.1, -0.05) is 0 Å². The van der Waals surface area contributed by atoms with Gasteiger partial charge in [0.25, 0.3) is 0 Å². The monoisotopic (exact) mass is 298 g/mol. The molecule has 1 fully saturated rings. The lowest BCUT2D eigenvalue weighted by Gasteiger charge is -2.24. The van der Waals surface area contributed by atoms with Gasteiger partial charge in [-0.15, -0.1) is 0 Å². The van der Waals surface area contributed by atoms with E-state index in [0.717, 1.165) is 12.1 Å². The third-order valence-electron chi connectivity index (χ3n) is 3.21. The third-order valence-corrected chi connectivity index (χ3v) is 5.03. The van der Waals surface area contributed by atoms with Crippen molar-refractivity contribution in [1.29, 1.82) is 0 Å². The van der Waals surface area contributed by atoms with Crippen LogP contribution in [0.4, 0.5) is 11.4 Å². The smallest absolute Gasteiger partial charge is 0.152 e. The number of ether oxygens (including phenoxy) is 1. The van der Waals surface area contributed by atoms with E-state index >= 15 is 0 Å². The second kappa shape index (κ2) is 5.91. The molecule has 0 bridgehead atoms. The van der Waals surface area contributed by atoms with Crippen molar-refractivity contribution in [3.05, 3.63) is 18.2 Å². The molecule has 5 nitrogen and oxygen atoms in total. The van der Waals surface area contributed by atoms with Crippen molar-refractivity contribution in [2.75, 3.05) is 22.6 Å². The van der Waals surface area contributed by atoms with Gasteiger partial charge in [-0.25, -0.2) is 8.42 Å². The van der Waals surface area contributed by atoms with E-state index in [1.54, 1.807) is 6.07 Å². The molecule has 20 heavy (non-hydrogen) atoms. The molecule has 0 aromatic heterocycles. The van der Waals surface area contributed by atoms with Gasteiger partial charge in [0, 0.05) is 17.8 Å². The van der Waals surface area contributed by atoms with Crippen LogP contribution in [-0.4, -0.2) is 32.1 Å². The summed E-state index contributed by atoms with van der Waals surface area (Å²) in [7, 11) is -2.91. The summed E-state index contributed by atoms with van der Waals surface area (Å²) in [5, 5.41) is 3.26. The first-order chi connectivity index (χ1) is 9.35. The number of anilines is 2. The van der Waals surface area contributed by atoms with Crippen LogP contribution in [0.2, 0.25) is 0 Å². The maximum Gasteiger partial charge on any atom is 0.152 e. The van der Waals surface area contributed by atoms with E-state index in [-0.39, 0.29) is 17.9 Å². The van der Waals surface area contributed by atoms with E-state index < -0.39 is 9.84 Å². The van der Waals surface area contributed by atoms with Crippen LogP contribution in [0.3, 0.4) is 0 Å². The van der Waals surface area contributed by atoms with Gasteiger partial charge in [0.1, 0.15) is 5.75 Å². The van der Waals surface area contributed by atoms with Crippen molar-refractivity contribution in [3.8, 4) is 5.75 Å². The molecule has 1 atom stereocenters. The van der Waals surface area contributed by atoms with E-state index in [0.29, 0.717) is 23.6 Å². The van der Waals surface area contributed by atoms with E-state index in [2.05, 4.69) is 5.32 Å². The zero-order valence-electron chi connectivity index (χ0n) is 11.9. The van der Waals surface area contributed by atoms with Gasteiger partial charge in [-0.3, -0.25) is 0 Å². The van der Waals surface area contributed by atoms with Crippen LogP contribution in [0.15, 0.2) is 18.2 Å². The summed E-state index contributed by atoms with van der Waals surface area (Å²) in [6, 6.07) is 5.42. The van der Waals surface area contributed by atoms with E-state index in [4.69, 9.17) is 10.5 Å². The largest absolute Gasteiger partial charge is 0.489 e. The summed E-state index contributed by atoms with van der Waals surface area (Å²) in [5.74, 6) is 1.12. The fraction of sp³-hybridized carbons (Fsp3) is 0.571. The van der Waals surface area contributed by atoms with Gasteiger partial charge in [-0.05, 0) is 38.8 Å². The fourth-order valence-electron chi connectivity index (χ4n) is 2.35. The van der Waals surface area contributed by atoms with Crippen molar-refractivity contribution in [3.63, 3.8) is 0 Å². The number of nitrogens with two attached hydrogens (primary N) is 1. The molecule has 112 valence electrons. The predicted octanol–water partition coefficient (Wildman–Crippen LogP) is 2.05. The Balaban J connectivity index is 2.09. The molecule has 0 spiro atoms. The van der Waals surface area contributed by atoms with Crippen LogP contribution in [0, 0.1) is 0 Å². The van der Waals surface area contributed by atoms with Crippen molar-refractivity contribution in [2.24, 2.45) is 0 Å². The second-order valence-electron chi connectivity index (χ2n) is 5.52. The van der Waals surface area contributed by atoms with E-state index in [1.807, 2.05) is 26.0 Å². The highest BCUT2D eigenvalue weighted by molar-refractivity contribution is 7.91. The molecule has 1 aliphatic heterocycles. The molecular formula is C14H22N2O3S. The standard InChI is InChI=1S/C14H22N2O3S/c1-10(2)19-14-8-11(5-6-13(14)15)16-12-4-3-7-20(17,18)9-12/h5-6,8,10,12,16H,3-4,7,9,15H2,1-2H3. The maximum atomic E-state index is 11.6. The number of sulfone groups is 1. The summed E-state index contributed by atoms with van der Waals surface area (Å²) in [6.07, 6.45) is 1.62. The minimum atomic E-state index is -2.91. The van der Waals surface area contributed by atoms with Crippen LogP contribution in [0.1, 0.15) is 26.7 Å². The van der Waals surface area contributed by atoms with Crippen LogP contribution < -0.4 is 15.8 Å². The Morgan fingerprint density at radius 3 is 2.80 bits per heavy atom. The Morgan fingerprint density at radius 1 is 1.40 bits per heavy atom. The summed E-state index contributed by atoms with van der Waals surface area (Å²) in [5.41, 5.74) is 7.29. The first-order valence-electron chi connectivity index (χ1n) is 6.89. The first kappa shape index (κ1) is 15.0. The molecule has 0 radical (unpaired) electrons. The Labute approximate surface area is 120 Å². The van der Waals surface area contributed by atoms with Crippen LogP contribution in [0.25, 0.3) is 0 Å². The summed E-state index contributed by atoms with van der Waals surface area (Å²) in [6.45, 7) is 3.88. The topological polar surface area (TPSA) is 81.4 Å². The Hall–Kier alpha value is -1.43. The highest BCUT2D eigenvalue weighted by Gasteiger charge is 2.24. The molecule has 1 heterocycles. The zero-order valence-corrected chi connectivity index (χ0v) is 12.7. The van der Waals surface area contributed by atoms with Crippen molar-refractivity contribution < 1.29 is 13.2 Å². The van der Waals surface area contributed by atoms with E-state index in [9.17, 15) is 8.42 Å². The van der Waals surface area contributed by atoms with Gasteiger partial charge < -0.3 is 15.8 Å². The molecular weight excluding hydrogens is 276 g/mol. The average Bonchev–Trinajstić information content (AvgIpc) is 2.31. The van der Waals surface area contributed by atoms with Gasteiger partial charge in [0.2, 0.25) is 0 Å². The SMILES string of the molecule is CC(C)Oc1cc(NC2CCCS(=O)(=O)C2)ccc1N. The first-order valence-corrected chi connectivity index (χ1v) is 8.71. The van der Waals surface area contributed by atoms with E-state index in [1.165, 1.54) is 0 Å². The summed E-state index contributed by atoms with van der Waals surface area (Å²) >= 11 is 0. The highest BCUT2D eigenvalue weighted by atomic mass is 32.2. The number of benzene rings is 1. The molecule has 1 saturated heterocycles. The van der Waals surface area contributed by atoms with Gasteiger partial charge >= 0.3 is 0 Å². The lowest BCUT2D eigenvalue weighted by molar-refractivity contribution is 0.244. The van der Waals surface area contributed by atoms with Crippen molar-refractivity contribution in [1.82, 2.24) is 0 Å². The molecule has 2 rings (SSSR count). The number of nitrogens with one attached hydrogen (secondary N) is 1. The third kappa shape index (κ3) is 4.03. The molecule has 3 N–H and O–H groups in total. The average molecular weight is 298 g/mol. The molecule has 6 heteroatoms. The zero-order chi connectivity index (χ0) is 14.8. The number of rotatable bonds is 4. The number of hydrogen-bond donors (Lipinski definition) is 2. The van der Waals surface area contributed by atoms with Crippen LogP contribution in [-0.2, 0) is 9.84 Å². The molecule has 0 amide bonds. The fourth-order valence-corrected chi connectivity index (χ4v) is 3.99. The highest BCUT2D eigenvalue weighted by Crippen LogP contribution is 2.28. The Kier molecular flexibility index (Phi) is 4.42. The lowest BCUT2D eigenvalue weighted by atomic mass is 10.1. The Morgan fingerprint density at radius 2 is 2.15 bits per heavy atom. The van der Waals surface area contributed by atoms with Gasteiger partial charge in [0.15, 0.2) is 9.84 Å². The van der Waals surface area contributed by atoms with Crippen LogP contribution in [0.5, 0.6) is 5.75 Å². The number of hydrogen-bond acceptors (Lipinski definition) is 5. The maximum absolute atomic E-state index is 11.6.